The molecule has 0 saturated heterocycles. The van der Waals surface area contributed by atoms with Crippen LogP contribution in [0, 0.1) is 17.3 Å². The van der Waals surface area contributed by atoms with Crippen LogP contribution in [0.3, 0.4) is 0 Å². The number of fused-ring (bicyclic) bond motifs is 2. The van der Waals surface area contributed by atoms with Crippen molar-refractivity contribution in [1.29, 1.82) is 0 Å². The van der Waals surface area contributed by atoms with Crippen LogP contribution in [0.15, 0.2) is 65.1 Å². The molecule has 118 valence electrons. The Bertz CT molecular complexity index is 746. The first-order valence-electron chi connectivity index (χ1n) is 8.17. The number of allylic oxidation sites excluding steroid dienone is 2. The Hall–Kier alpha value is -0.860. The first-order valence-corrected chi connectivity index (χ1v) is 9.88. The first-order chi connectivity index (χ1) is 11.0. The zero-order chi connectivity index (χ0) is 16.2. The number of halogens is 2. The van der Waals surface area contributed by atoms with Gasteiger partial charge in [-0.2, -0.15) is 0 Å². The predicted molar refractivity (Wildman–Crippen MR) is 105 cm³/mol. The smallest absolute Gasteiger partial charge is 0.0300 e. The summed E-state index contributed by atoms with van der Waals surface area (Å²) in [4.78, 5) is 0.493. The summed E-state index contributed by atoms with van der Waals surface area (Å²) in [5.74, 6) is 1.57. The maximum atomic E-state index is 4.05. The number of alkyl halides is 1. The average Bonchev–Trinajstić information content (AvgIpc) is 2.93. The monoisotopic (exact) mass is 430 g/mol. The van der Waals surface area contributed by atoms with Crippen molar-refractivity contribution in [1.82, 2.24) is 0 Å². The zero-order valence-corrected chi connectivity index (χ0v) is 16.5. The molecule has 0 nitrogen and oxygen atoms in total. The molecule has 1 saturated carbocycles. The third-order valence-electron chi connectivity index (χ3n) is 5.73. The molecule has 0 unspecified atom stereocenters. The van der Waals surface area contributed by atoms with E-state index in [1.54, 1.807) is 0 Å². The molecule has 2 bridgehead atoms. The third-order valence-corrected chi connectivity index (χ3v) is 7.78. The van der Waals surface area contributed by atoms with Gasteiger partial charge in [-0.1, -0.05) is 106 Å². The molecule has 2 aromatic rings. The van der Waals surface area contributed by atoms with Gasteiger partial charge in [0.2, 0.25) is 0 Å². The average molecular weight is 432 g/mol. The SMILES string of the molecule is CC1(C)[C@H]2C(c3ccccc3)=C(Br)[C@@H]([C@H]2Br)[C@@H]1c1ccccc1. The second kappa shape index (κ2) is 5.60. The predicted octanol–water partition coefficient (Wildman–Crippen LogP) is 6.63. The molecule has 0 N–H and O–H groups in total. The summed E-state index contributed by atoms with van der Waals surface area (Å²) < 4.78 is 1.39. The van der Waals surface area contributed by atoms with Gasteiger partial charge >= 0.3 is 0 Å². The molecule has 2 heteroatoms. The summed E-state index contributed by atoms with van der Waals surface area (Å²) in [6.45, 7) is 4.87. The number of hydrogen-bond donors (Lipinski definition) is 0. The van der Waals surface area contributed by atoms with E-state index in [4.69, 9.17) is 0 Å². The highest BCUT2D eigenvalue weighted by Gasteiger charge is 2.61. The van der Waals surface area contributed by atoms with Crippen LogP contribution in [0.2, 0.25) is 0 Å². The highest BCUT2D eigenvalue weighted by molar-refractivity contribution is 9.12. The molecule has 2 aromatic carbocycles. The van der Waals surface area contributed by atoms with E-state index in [-0.39, 0.29) is 5.41 Å². The van der Waals surface area contributed by atoms with Crippen molar-refractivity contribution in [2.24, 2.45) is 17.3 Å². The second-order valence-corrected chi connectivity index (χ2v) is 9.20. The third kappa shape index (κ3) is 2.21. The highest BCUT2D eigenvalue weighted by Crippen LogP contribution is 2.70. The molecule has 23 heavy (non-hydrogen) atoms. The van der Waals surface area contributed by atoms with Crippen molar-refractivity contribution in [2.45, 2.75) is 24.6 Å². The molecule has 0 heterocycles. The van der Waals surface area contributed by atoms with Gasteiger partial charge in [0.25, 0.3) is 0 Å². The summed E-state index contributed by atoms with van der Waals surface area (Å²) >= 11 is 8.03. The van der Waals surface area contributed by atoms with Gasteiger partial charge in [0.05, 0.1) is 0 Å². The fourth-order valence-electron chi connectivity index (χ4n) is 4.84. The van der Waals surface area contributed by atoms with Crippen molar-refractivity contribution in [2.75, 3.05) is 0 Å². The largest absolute Gasteiger partial charge is 0.0877 e. The normalized spacial score (nSPS) is 31.7. The molecule has 2 aliphatic carbocycles. The van der Waals surface area contributed by atoms with Crippen LogP contribution in [-0.2, 0) is 0 Å². The van der Waals surface area contributed by atoms with Crippen molar-refractivity contribution >= 4 is 37.4 Å². The van der Waals surface area contributed by atoms with Gasteiger partial charge in [-0.05, 0) is 28.0 Å². The quantitative estimate of drug-likeness (QED) is 0.468. The minimum absolute atomic E-state index is 0.225. The van der Waals surface area contributed by atoms with E-state index in [9.17, 15) is 0 Å². The van der Waals surface area contributed by atoms with E-state index >= 15 is 0 Å². The Morgan fingerprint density at radius 3 is 2.00 bits per heavy atom. The van der Waals surface area contributed by atoms with E-state index in [0.29, 0.717) is 22.6 Å². The summed E-state index contributed by atoms with van der Waals surface area (Å²) in [6.07, 6.45) is 0. The molecule has 2 aliphatic rings. The molecule has 0 spiro atoms. The first kappa shape index (κ1) is 15.7. The number of rotatable bonds is 2. The zero-order valence-electron chi connectivity index (χ0n) is 13.3. The van der Waals surface area contributed by atoms with Crippen LogP contribution in [0.1, 0.15) is 30.9 Å². The van der Waals surface area contributed by atoms with Crippen molar-refractivity contribution < 1.29 is 0 Å². The van der Waals surface area contributed by atoms with Crippen LogP contribution >= 0.6 is 31.9 Å². The molecule has 0 aromatic heterocycles. The Labute approximate surface area is 155 Å². The van der Waals surface area contributed by atoms with Crippen LogP contribution in [0.5, 0.6) is 0 Å². The van der Waals surface area contributed by atoms with Crippen LogP contribution < -0.4 is 0 Å². The fourth-order valence-corrected chi connectivity index (χ4v) is 7.73. The number of benzene rings is 2. The summed E-state index contributed by atoms with van der Waals surface area (Å²) in [5.41, 5.74) is 4.53. The highest BCUT2D eigenvalue weighted by atomic mass is 79.9. The van der Waals surface area contributed by atoms with E-state index in [0.717, 1.165) is 0 Å². The van der Waals surface area contributed by atoms with Crippen LogP contribution in [0.4, 0.5) is 0 Å². The Morgan fingerprint density at radius 2 is 1.39 bits per heavy atom. The maximum Gasteiger partial charge on any atom is 0.0300 e. The van der Waals surface area contributed by atoms with Gasteiger partial charge in [0.15, 0.2) is 0 Å². The van der Waals surface area contributed by atoms with Crippen molar-refractivity contribution in [3.8, 4) is 0 Å². The molecule has 4 rings (SSSR count). The van der Waals surface area contributed by atoms with Crippen LogP contribution in [0.25, 0.3) is 5.57 Å². The Kier molecular flexibility index (Phi) is 3.81. The maximum absolute atomic E-state index is 4.05. The van der Waals surface area contributed by atoms with Gasteiger partial charge in [0.1, 0.15) is 0 Å². The lowest BCUT2D eigenvalue weighted by atomic mass is 9.65. The van der Waals surface area contributed by atoms with Gasteiger partial charge in [-0.3, -0.25) is 0 Å². The summed E-state index contributed by atoms with van der Waals surface area (Å²) in [7, 11) is 0. The number of hydrogen-bond acceptors (Lipinski definition) is 0. The van der Waals surface area contributed by atoms with E-state index < -0.39 is 0 Å². The lowest BCUT2D eigenvalue weighted by molar-refractivity contribution is 0.263. The molecular weight excluding hydrogens is 412 g/mol. The molecule has 0 radical (unpaired) electrons. The summed E-state index contributed by atoms with van der Waals surface area (Å²) in [6, 6.07) is 21.9. The Morgan fingerprint density at radius 1 is 0.826 bits per heavy atom. The molecule has 4 atom stereocenters. The molecular formula is C21H20Br2. The minimum atomic E-state index is 0.225. The fraction of sp³-hybridized carbons (Fsp3) is 0.333. The standard InChI is InChI=1S/C21H20Br2/c1-21(2)17(14-11-7-4-8-12-14)16-19(22)15(18(21)20(16)23)13-9-5-3-6-10-13/h3-12,16-18,20H,1-2H3/t16-,17-,18-,20+/m0/s1. The van der Waals surface area contributed by atoms with Crippen molar-refractivity contribution in [3.63, 3.8) is 0 Å². The lowest BCUT2D eigenvalue weighted by Crippen LogP contribution is -2.30. The Balaban J connectivity index is 1.87. The van der Waals surface area contributed by atoms with Gasteiger partial charge in [-0.25, -0.2) is 0 Å². The molecule has 0 aliphatic heterocycles. The topological polar surface area (TPSA) is 0 Å². The van der Waals surface area contributed by atoms with E-state index in [1.807, 2.05) is 0 Å². The minimum Gasteiger partial charge on any atom is -0.0877 e. The lowest BCUT2D eigenvalue weighted by Gasteiger charge is -2.40. The van der Waals surface area contributed by atoms with Crippen molar-refractivity contribution in [3.05, 3.63) is 76.3 Å². The van der Waals surface area contributed by atoms with E-state index in [2.05, 4.69) is 106 Å². The molecule has 0 amide bonds. The second-order valence-electron chi connectivity index (χ2n) is 7.29. The molecule has 1 fully saturated rings. The van der Waals surface area contributed by atoms with Crippen LogP contribution in [-0.4, -0.2) is 4.83 Å². The van der Waals surface area contributed by atoms with Gasteiger partial charge < -0.3 is 0 Å². The van der Waals surface area contributed by atoms with Gasteiger partial charge in [-0.15, -0.1) is 0 Å². The van der Waals surface area contributed by atoms with Gasteiger partial charge in [0, 0.05) is 21.1 Å². The summed E-state index contributed by atoms with van der Waals surface area (Å²) in [5, 5.41) is 0. The van der Waals surface area contributed by atoms with E-state index in [1.165, 1.54) is 21.2 Å².